The summed E-state index contributed by atoms with van der Waals surface area (Å²) in [4.78, 5) is 12.8. The van der Waals surface area contributed by atoms with Crippen molar-refractivity contribution in [3.8, 4) is 0 Å². The molecule has 0 aliphatic heterocycles. The Bertz CT molecular complexity index is 503. The first-order valence-electron chi connectivity index (χ1n) is 4.98. The van der Waals surface area contributed by atoms with Gasteiger partial charge in [-0.05, 0) is 36.1 Å². The average Bonchev–Trinajstić information content (AvgIpc) is 2.70. The largest absolute Gasteiger partial charge is 0.294 e. The Morgan fingerprint density at radius 3 is 2.81 bits per heavy atom. The van der Waals surface area contributed by atoms with Crippen LogP contribution in [0.1, 0.15) is 20.8 Å². The van der Waals surface area contributed by atoms with Gasteiger partial charge in [0.1, 0.15) is 5.82 Å². The summed E-state index contributed by atoms with van der Waals surface area (Å²) in [5, 5.41) is 1.91. The Balaban J connectivity index is 2.21. The highest BCUT2D eigenvalue weighted by Gasteiger charge is 2.12. The predicted molar refractivity (Wildman–Crippen MR) is 63.5 cm³/mol. The lowest BCUT2D eigenvalue weighted by atomic mass is 10.1. The Labute approximate surface area is 97.6 Å². The van der Waals surface area contributed by atoms with Crippen molar-refractivity contribution in [2.45, 2.75) is 13.3 Å². The molecule has 0 spiro atoms. The van der Waals surface area contributed by atoms with Crippen molar-refractivity contribution in [1.29, 1.82) is 0 Å². The zero-order chi connectivity index (χ0) is 11.5. The van der Waals surface area contributed by atoms with Crippen LogP contribution in [0.2, 0.25) is 0 Å². The summed E-state index contributed by atoms with van der Waals surface area (Å²) in [5.74, 6) is -0.596. The standard InChI is InChI=1S/C13H11FOS/c1-9-4-5-11(12(14)7-9)13(15)8-10-3-2-6-16-10/h2-7H,8H2,1H3. The number of carbonyl (C=O) groups excluding carboxylic acids is 1. The van der Waals surface area contributed by atoms with Gasteiger partial charge in [0, 0.05) is 11.3 Å². The van der Waals surface area contributed by atoms with Gasteiger partial charge in [0.2, 0.25) is 0 Å². The van der Waals surface area contributed by atoms with Crippen LogP contribution in [0, 0.1) is 12.7 Å². The topological polar surface area (TPSA) is 17.1 Å². The number of aryl methyl sites for hydroxylation is 1. The third-order valence-electron chi connectivity index (χ3n) is 2.34. The molecule has 0 unspecified atom stereocenters. The van der Waals surface area contributed by atoms with E-state index < -0.39 is 5.82 Å². The number of halogens is 1. The van der Waals surface area contributed by atoms with Crippen molar-refractivity contribution in [1.82, 2.24) is 0 Å². The van der Waals surface area contributed by atoms with E-state index in [2.05, 4.69) is 0 Å². The fourth-order valence-corrected chi connectivity index (χ4v) is 2.22. The van der Waals surface area contributed by atoms with Crippen LogP contribution >= 0.6 is 11.3 Å². The smallest absolute Gasteiger partial charge is 0.170 e. The second kappa shape index (κ2) is 4.58. The number of hydrogen-bond donors (Lipinski definition) is 0. The third-order valence-corrected chi connectivity index (χ3v) is 3.22. The van der Waals surface area contributed by atoms with Gasteiger partial charge in [-0.3, -0.25) is 4.79 Å². The second-order valence-electron chi connectivity index (χ2n) is 3.66. The molecule has 82 valence electrons. The second-order valence-corrected chi connectivity index (χ2v) is 4.69. The fraction of sp³-hybridized carbons (Fsp3) is 0.154. The number of thiophene rings is 1. The zero-order valence-electron chi connectivity index (χ0n) is 8.87. The van der Waals surface area contributed by atoms with E-state index in [9.17, 15) is 9.18 Å². The van der Waals surface area contributed by atoms with Gasteiger partial charge in [-0.15, -0.1) is 11.3 Å². The summed E-state index contributed by atoms with van der Waals surface area (Å²) >= 11 is 1.51. The summed E-state index contributed by atoms with van der Waals surface area (Å²) < 4.78 is 13.5. The molecule has 3 heteroatoms. The molecular formula is C13H11FOS. The van der Waals surface area contributed by atoms with E-state index in [1.165, 1.54) is 17.4 Å². The van der Waals surface area contributed by atoms with Crippen LogP contribution in [0.4, 0.5) is 4.39 Å². The van der Waals surface area contributed by atoms with Gasteiger partial charge in [-0.1, -0.05) is 12.1 Å². The van der Waals surface area contributed by atoms with Crippen LogP contribution in [-0.4, -0.2) is 5.78 Å². The normalized spacial score (nSPS) is 10.4. The van der Waals surface area contributed by atoms with E-state index >= 15 is 0 Å². The monoisotopic (exact) mass is 234 g/mol. The van der Waals surface area contributed by atoms with Gasteiger partial charge in [0.15, 0.2) is 5.78 Å². The molecular weight excluding hydrogens is 223 g/mol. The molecule has 1 aromatic heterocycles. The van der Waals surface area contributed by atoms with E-state index in [4.69, 9.17) is 0 Å². The molecule has 0 saturated heterocycles. The number of rotatable bonds is 3. The van der Waals surface area contributed by atoms with Crippen molar-refractivity contribution in [3.05, 3.63) is 57.5 Å². The van der Waals surface area contributed by atoms with E-state index in [0.29, 0.717) is 0 Å². The molecule has 0 fully saturated rings. The first kappa shape index (κ1) is 11.0. The summed E-state index contributed by atoms with van der Waals surface area (Å²) in [7, 11) is 0. The lowest BCUT2D eigenvalue weighted by Crippen LogP contribution is -2.05. The summed E-state index contributed by atoms with van der Waals surface area (Å²) in [6.45, 7) is 1.80. The first-order valence-corrected chi connectivity index (χ1v) is 5.86. The predicted octanol–water partition coefficient (Wildman–Crippen LogP) is 3.62. The lowest BCUT2D eigenvalue weighted by Gasteiger charge is -2.02. The van der Waals surface area contributed by atoms with Crippen molar-refractivity contribution < 1.29 is 9.18 Å². The quantitative estimate of drug-likeness (QED) is 0.741. The van der Waals surface area contributed by atoms with E-state index in [1.807, 2.05) is 17.5 Å². The van der Waals surface area contributed by atoms with E-state index in [-0.39, 0.29) is 17.8 Å². The molecule has 1 nitrogen and oxygen atoms in total. The highest BCUT2D eigenvalue weighted by atomic mass is 32.1. The van der Waals surface area contributed by atoms with Crippen molar-refractivity contribution >= 4 is 17.1 Å². The summed E-state index contributed by atoms with van der Waals surface area (Å²) in [6, 6.07) is 8.47. The highest BCUT2D eigenvalue weighted by molar-refractivity contribution is 7.10. The molecule has 0 saturated carbocycles. The van der Waals surface area contributed by atoms with Gasteiger partial charge < -0.3 is 0 Å². The molecule has 0 aliphatic rings. The van der Waals surface area contributed by atoms with Gasteiger partial charge in [0.25, 0.3) is 0 Å². The minimum absolute atomic E-state index is 0.167. The molecule has 0 bridgehead atoms. The Hall–Kier alpha value is -1.48. The maximum absolute atomic E-state index is 13.5. The van der Waals surface area contributed by atoms with Crippen LogP contribution < -0.4 is 0 Å². The van der Waals surface area contributed by atoms with Crippen LogP contribution in [0.15, 0.2) is 35.7 Å². The van der Waals surface area contributed by atoms with E-state index in [1.54, 1.807) is 19.1 Å². The first-order chi connectivity index (χ1) is 7.66. The van der Waals surface area contributed by atoms with Crippen LogP contribution in [0.25, 0.3) is 0 Å². The molecule has 1 heterocycles. The molecule has 2 rings (SSSR count). The Morgan fingerprint density at radius 1 is 1.38 bits per heavy atom. The van der Waals surface area contributed by atoms with Crippen LogP contribution in [-0.2, 0) is 6.42 Å². The maximum atomic E-state index is 13.5. The van der Waals surface area contributed by atoms with Gasteiger partial charge in [0.05, 0.1) is 5.56 Å². The average molecular weight is 234 g/mol. The van der Waals surface area contributed by atoms with Gasteiger partial charge in [-0.2, -0.15) is 0 Å². The number of Topliss-reactive ketones (excluding diaryl/α,β-unsaturated/α-hetero) is 1. The molecule has 0 atom stereocenters. The summed E-state index contributed by atoms with van der Waals surface area (Å²) in [6.07, 6.45) is 0.275. The maximum Gasteiger partial charge on any atom is 0.170 e. The van der Waals surface area contributed by atoms with Gasteiger partial charge in [-0.25, -0.2) is 4.39 Å². The van der Waals surface area contributed by atoms with Crippen molar-refractivity contribution in [2.24, 2.45) is 0 Å². The highest BCUT2D eigenvalue weighted by Crippen LogP contribution is 2.15. The molecule has 0 radical (unpaired) electrons. The minimum atomic E-state index is -0.429. The Kier molecular flexibility index (Phi) is 3.15. The van der Waals surface area contributed by atoms with Crippen molar-refractivity contribution in [2.75, 3.05) is 0 Å². The van der Waals surface area contributed by atoms with E-state index in [0.717, 1.165) is 10.4 Å². The lowest BCUT2D eigenvalue weighted by molar-refractivity contribution is 0.0990. The molecule has 0 amide bonds. The molecule has 1 aromatic carbocycles. The SMILES string of the molecule is Cc1ccc(C(=O)Cc2cccs2)c(F)c1. The number of hydrogen-bond acceptors (Lipinski definition) is 2. The van der Waals surface area contributed by atoms with Crippen LogP contribution in [0.5, 0.6) is 0 Å². The minimum Gasteiger partial charge on any atom is -0.294 e. The fourth-order valence-electron chi connectivity index (χ4n) is 1.51. The number of benzene rings is 1. The zero-order valence-corrected chi connectivity index (χ0v) is 9.68. The molecule has 0 aliphatic carbocycles. The number of ketones is 1. The van der Waals surface area contributed by atoms with Crippen LogP contribution in [0.3, 0.4) is 0 Å². The van der Waals surface area contributed by atoms with Gasteiger partial charge >= 0.3 is 0 Å². The molecule has 2 aromatic rings. The summed E-state index contributed by atoms with van der Waals surface area (Å²) in [5.41, 5.74) is 1.00. The molecule has 0 N–H and O–H groups in total. The number of carbonyl (C=O) groups is 1. The molecule has 16 heavy (non-hydrogen) atoms. The van der Waals surface area contributed by atoms with Crippen molar-refractivity contribution in [3.63, 3.8) is 0 Å². The third kappa shape index (κ3) is 2.36. The Morgan fingerprint density at radius 2 is 2.19 bits per heavy atom.